The Morgan fingerprint density at radius 1 is 0.688 bits per heavy atom. The molecule has 2 saturated carbocycles. The SMILES string of the molecule is CCC1(C)CC[C@]2(C)CCCC[C@]2(C)CC1. The van der Waals surface area contributed by atoms with E-state index in [0.29, 0.717) is 16.2 Å². The van der Waals surface area contributed by atoms with Crippen LogP contribution >= 0.6 is 0 Å². The first-order valence-corrected chi connectivity index (χ1v) is 7.43. The summed E-state index contributed by atoms with van der Waals surface area (Å²) in [4.78, 5) is 0. The maximum atomic E-state index is 2.59. The van der Waals surface area contributed by atoms with Crippen LogP contribution in [0.3, 0.4) is 0 Å². The molecule has 0 bridgehead atoms. The van der Waals surface area contributed by atoms with Crippen molar-refractivity contribution in [1.29, 1.82) is 0 Å². The van der Waals surface area contributed by atoms with Crippen molar-refractivity contribution < 1.29 is 0 Å². The molecule has 0 heteroatoms. The molecule has 94 valence electrons. The summed E-state index contributed by atoms with van der Waals surface area (Å²) in [5.41, 5.74) is 1.94. The average molecular weight is 222 g/mol. The van der Waals surface area contributed by atoms with Gasteiger partial charge in [0.2, 0.25) is 0 Å². The minimum atomic E-state index is 0.642. The van der Waals surface area contributed by atoms with Crippen LogP contribution in [-0.2, 0) is 0 Å². The predicted octanol–water partition coefficient (Wildman–Crippen LogP) is 5.56. The zero-order chi connectivity index (χ0) is 11.9. The molecule has 0 radical (unpaired) electrons. The lowest BCUT2D eigenvalue weighted by molar-refractivity contribution is 0.00896. The molecule has 0 spiro atoms. The smallest absolute Gasteiger partial charge is 0.0272 e. The van der Waals surface area contributed by atoms with Crippen molar-refractivity contribution in [3.05, 3.63) is 0 Å². The third kappa shape index (κ3) is 1.93. The summed E-state index contributed by atoms with van der Waals surface area (Å²) in [5.74, 6) is 0. The fourth-order valence-corrected chi connectivity index (χ4v) is 4.12. The molecule has 0 aromatic heterocycles. The molecule has 3 atom stereocenters. The van der Waals surface area contributed by atoms with Crippen molar-refractivity contribution in [3.63, 3.8) is 0 Å². The van der Waals surface area contributed by atoms with Gasteiger partial charge in [-0.15, -0.1) is 0 Å². The van der Waals surface area contributed by atoms with Crippen LogP contribution in [-0.4, -0.2) is 0 Å². The average Bonchev–Trinajstić information content (AvgIpc) is 2.38. The zero-order valence-corrected chi connectivity index (χ0v) is 11.9. The molecule has 2 fully saturated rings. The molecule has 0 aromatic rings. The van der Waals surface area contributed by atoms with Gasteiger partial charge in [0.15, 0.2) is 0 Å². The molecule has 0 nitrogen and oxygen atoms in total. The van der Waals surface area contributed by atoms with Crippen LogP contribution in [0.2, 0.25) is 0 Å². The van der Waals surface area contributed by atoms with E-state index in [1.807, 2.05) is 0 Å². The molecular weight excluding hydrogens is 192 g/mol. The summed E-state index contributed by atoms with van der Waals surface area (Å²) in [6, 6.07) is 0. The summed E-state index contributed by atoms with van der Waals surface area (Å²) in [7, 11) is 0. The lowest BCUT2D eigenvalue weighted by Gasteiger charge is -2.50. The van der Waals surface area contributed by atoms with Gasteiger partial charge in [0.1, 0.15) is 0 Å². The molecule has 2 aliphatic rings. The highest BCUT2D eigenvalue weighted by molar-refractivity contribution is 4.99. The zero-order valence-electron chi connectivity index (χ0n) is 11.9. The van der Waals surface area contributed by atoms with E-state index in [2.05, 4.69) is 27.7 Å². The summed E-state index contributed by atoms with van der Waals surface area (Å²) >= 11 is 0. The Hall–Kier alpha value is 0. The van der Waals surface area contributed by atoms with Crippen LogP contribution in [0.15, 0.2) is 0 Å². The van der Waals surface area contributed by atoms with Gasteiger partial charge in [-0.1, -0.05) is 47.0 Å². The van der Waals surface area contributed by atoms with Crippen molar-refractivity contribution >= 4 is 0 Å². The van der Waals surface area contributed by atoms with Crippen molar-refractivity contribution in [1.82, 2.24) is 0 Å². The second kappa shape index (κ2) is 4.03. The van der Waals surface area contributed by atoms with Gasteiger partial charge in [0.25, 0.3) is 0 Å². The van der Waals surface area contributed by atoms with E-state index in [9.17, 15) is 0 Å². The van der Waals surface area contributed by atoms with E-state index in [1.54, 1.807) is 0 Å². The van der Waals surface area contributed by atoms with Gasteiger partial charge in [-0.2, -0.15) is 0 Å². The topological polar surface area (TPSA) is 0 Å². The van der Waals surface area contributed by atoms with Crippen LogP contribution in [0.1, 0.15) is 85.5 Å². The van der Waals surface area contributed by atoms with Crippen LogP contribution < -0.4 is 0 Å². The fraction of sp³-hybridized carbons (Fsp3) is 1.00. The highest BCUT2D eigenvalue weighted by Crippen LogP contribution is 2.60. The Kier molecular flexibility index (Phi) is 3.14. The lowest BCUT2D eigenvalue weighted by atomic mass is 9.55. The first-order chi connectivity index (χ1) is 7.43. The standard InChI is InChI=1S/C16H30/c1-5-14(2)10-12-15(3)8-6-7-9-16(15,4)13-11-14/h5-13H2,1-4H3/t14?,15-,16+. The maximum absolute atomic E-state index is 2.59. The van der Waals surface area contributed by atoms with E-state index in [0.717, 1.165) is 0 Å². The monoisotopic (exact) mass is 222 g/mol. The van der Waals surface area contributed by atoms with Crippen molar-refractivity contribution in [2.45, 2.75) is 85.5 Å². The number of fused-ring (bicyclic) bond motifs is 1. The Bertz CT molecular complexity index is 233. The Morgan fingerprint density at radius 2 is 1.12 bits per heavy atom. The van der Waals surface area contributed by atoms with E-state index < -0.39 is 0 Å². The highest BCUT2D eigenvalue weighted by atomic mass is 14.5. The summed E-state index contributed by atoms with van der Waals surface area (Å²) in [6.07, 6.45) is 13.2. The first-order valence-electron chi connectivity index (χ1n) is 7.43. The molecule has 0 N–H and O–H groups in total. The van der Waals surface area contributed by atoms with Crippen LogP contribution in [0.4, 0.5) is 0 Å². The fourth-order valence-electron chi connectivity index (χ4n) is 4.12. The Labute approximate surface area is 102 Å². The molecule has 0 aliphatic heterocycles. The van der Waals surface area contributed by atoms with E-state index in [4.69, 9.17) is 0 Å². The molecule has 0 amide bonds. The van der Waals surface area contributed by atoms with E-state index in [1.165, 1.54) is 57.8 Å². The number of rotatable bonds is 1. The van der Waals surface area contributed by atoms with Crippen molar-refractivity contribution in [3.8, 4) is 0 Å². The Balaban J connectivity index is 2.21. The summed E-state index contributed by atoms with van der Waals surface area (Å²) in [6.45, 7) is 10.1. The van der Waals surface area contributed by atoms with Crippen LogP contribution in [0.25, 0.3) is 0 Å². The second-order valence-corrected chi connectivity index (χ2v) is 7.49. The summed E-state index contributed by atoms with van der Waals surface area (Å²) < 4.78 is 0. The van der Waals surface area contributed by atoms with Crippen LogP contribution in [0, 0.1) is 16.2 Å². The third-order valence-corrected chi connectivity index (χ3v) is 6.58. The van der Waals surface area contributed by atoms with Gasteiger partial charge in [-0.3, -0.25) is 0 Å². The van der Waals surface area contributed by atoms with Crippen molar-refractivity contribution in [2.75, 3.05) is 0 Å². The highest BCUT2D eigenvalue weighted by Gasteiger charge is 2.48. The molecule has 2 aliphatic carbocycles. The van der Waals surface area contributed by atoms with Gasteiger partial charge in [-0.05, 0) is 54.8 Å². The van der Waals surface area contributed by atoms with Gasteiger partial charge in [0.05, 0.1) is 0 Å². The molecular formula is C16H30. The number of hydrogen-bond acceptors (Lipinski definition) is 0. The normalized spacial score (nSPS) is 49.5. The Morgan fingerprint density at radius 3 is 1.50 bits per heavy atom. The molecule has 0 heterocycles. The minimum absolute atomic E-state index is 0.642. The molecule has 2 rings (SSSR count). The van der Waals surface area contributed by atoms with Gasteiger partial charge < -0.3 is 0 Å². The van der Waals surface area contributed by atoms with E-state index >= 15 is 0 Å². The predicted molar refractivity (Wildman–Crippen MR) is 71.5 cm³/mol. The minimum Gasteiger partial charge on any atom is -0.0649 e. The maximum Gasteiger partial charge on any atom is -0.0272 e. The summed E-state index contributed by atoms with van der Waals surface area (Å²) in [5, 5.41) is 0. The lowest BCUT2D eigenvalue weighted by Crippen LogP contribution is -2.39. The molecule has 0 aromatic carbocycles. The third-order valence-electron chi connectivity index (χ3n) is 6.58. The quantitative estimate of drug-likeness (QED) is 0.544. The second-order valence-electron chi connectivity index (χ2n) is 7.49. The molecule has 0 saturated heterocycles. The first kappa shape index (κ1) is 12.5. The number of hydrogen-bond donors (Lipinski definition) is 0. The van der Waals surface area contributed by atoms with Crippen LogP contribution in [0.5, 0.6) is 0 Å². The van der Waals surface area contributed by atoms with E-state index in [-0.39, 0.29) is 0 Å². The van der Waals surface area contributed by atoms with Gasteiger partial charge >= 0.3 is 0 Å². The van der Waals surface area contributed by atoms with Gasteiger partial charge in [0, 0.05) is 0 Å². The largest absolute Gasteiger partial charge is 0.0649 e. The van der Waals surface area contributed by atoms with Crippen molar-refractivity contribution in [2.24, 2.45) is 16.2 Å². The van der Waals surface area contributed by atoms with Gasteiger partial charge in [-0.25, -0.2) is 0 Å². The molecule has 1 unspecified atom stereocenters. The molecule has 16 heavy (non-hydrogen) atoms.